The molecule has 1 heterocycles. The van der Waals surface area contributed by atoms with Crippen molar-refractivity contribution < 1.29 is 0 Å². The van der Waals surface area contributed by atoms with E-state index in [9.17, 15) is 0 Å². The first-order valence-corrected chi connectivity index (χ1v) is 13.5. The Morgan fingerprint density at radius 2 is 1.44 bits per heavy atom. The summed E-state index contributed by atoms with van der Waals surface area (Å²) < 4.78 is 7.15. The molecule has 0 bridgehead atoms. The van der Waals surface area contributed by atoms with Crippen molar-refractivity contribution in [2.45, 2.75) is 32.1 Å². The quantitative estimate of drug-likeness (QED) is 0.159. The van der Waals surface area contributed by atoms with Crippen LogP contribution in [0.3, 0.4) is 0 Å². The van der Waals surface area contributed by atoms with E-state index in [2.05, 4.69) is 127 Å². The lowest BCUT2D eigenvalue weighted by atomic mass is 9.73. The van der Waals surface area contributed by atoms with E-state index in [4.69, 9.17) is 4.98 Å². The molecule has 156 valence electrons. The van der Waals surface area contributed by atoms with Crippen LogP contribution in [0.25, 0.3) is 31.9 Å². The topological polar surface area (TPSA) is 12.9 Å². The maximum absolute atomic E-state index is 4.95. The standard InChI is InChI=1S/C28H19I2NS/c1-3-28(4-2)23-15-18(11-13-29)5-8-21(23)22-9-7-20(17-24(22)28)27-31-25-10-6-19(12-14-30)16-26(25)32-27/h5-10,15-17H,3-4H2,1-2H3. The number of rotatable bonds is 3. The number of fused-ring (bicyclic) bond motifs is 4. The summed E-state index contributed by atoms with van der Waals surface area (Å²) in [4.78, 5) is 4.95. The minimum Gasteiger partial charge on any atom is -0.236 e. The minimum absolute atomic E-state index is 0.0172. The van der Waals surface area contributed by atoms with Crippen molar-refractivity contribution in [3.8, 4) is 41.4 Å². The molecule has 0 radical (unpaired) electrons. The number of hydrogen-bond acceptors (Lipinski definition) is 2. The average Bonchev–Trinajstić information content (AvgIpc) is 3.36. The van der Waals surface area contributed by atoms with Gasteiger partial charge in [0.2, 0.25) is 0 Å². The summed E-state index contributed by atoms with van der Waals surface area (Å²) in [5.74, 6) is 6.37. The molecule has 5 rings (SSSR count). The lowest BCUT2D eigenvalue weighted by molar-refractivity contribution is 0.490. The fourth-order valence-corrected chi connectivity index (χ4v) is 6.58. The Morgan fingerprint density at radius 3 is 2.12 bits per heavy atom. The second kappa shape index (κ2) is 8.82. The highest BCUT2D eigenvalue weighted by atomic mass is 127. The zero-order chi connectivity index (χ0) is 22.3. The molecular formula is C28H19I2NS. The third-order valence-corrected chi connectivity index (χ3v) is 8.19. The Kier molecular flexibility index (Phi) is 6.05. The van der Waals surface area contributed by atoms with Crippen LogP contribution in [0.15, 0.2) is 54.6 Å². The zero-order valence-electron chi connectivity index (χ0n) is 17.7. The molecule has 1 aliphatic carbocycles. The van der Waals surface area contributed by atoms with Gasteiger partial charge in [0.15, 0.2) is 0 Å². The Morgan fingerprint density at radius 1 is 0.812 bits per heavy atom. The van der Waals surface area contributed by atoms with Gasteiger partial charge in [-0.15, -0.1) is 11.3 Å². The molecule has 3 aromatic carbocycles. The Balaban J connectivity index is 1.66. The molecule has 0 fully saturated rings. The van der Waals surface area contributed by atoms with E-state index in [0.717, 1.165) is 34.5 Å². The smallest absolute Gasteiger partial charge is 0.124 e. The molecule has 0 N–H and O–H groups in total. The first kappa shape index (κ1) is 21.9. The molecule has 0 spiro atoms. The van der Waals surface area contributed by atoms with Gasteiger partial charge in [-0.05, 0) is 79.3 Å². The summed E-state index contributed by atoms with van der Waals surface area (Å²) >= 11 is 5.94. The molecule has 4 aromatic rings. The molecular weight excluding hydrogens is 636 g/mol. The van der Waals surface area contributed by atoms with Crippen LogP contribution in [-0.4, -0.2) is 4.98 Å². The van der Waals surface area contributed by atoms with Gasteiger partial charge >= 0.3 is 0 Å². The molecule has 4 heteroatoms. The number of aromatic nitrogens is 1. The molecule has 32 heavy (non-hydrogen) atoms. The molecule has 1 aliphatic rings. The van der Waals surface area contributed by atoms with E-state index in [0.29, 0.717) is 0 Å². The third-order valence-electron chi connectivity index (χ3n) is 6.59. The summed E-state index contributed by atoms with van der Waals surface area (Å²) in [5.41, 5.74) is 9.90. The monoisotopic (exact) mass is 655 g/mol. The van der Waals surface area contributed by atoms with Gasteiger partial charge in [0.25, 0.3) is 0 Å². The summed E-state index contributed by atoms with van der Waals surface area (Å²) in [6, 6.07) is 19.9. The van der Waals surface area contributed by atoms with Crippen LogP contribution in [0.2, 0.25) is 0 Å². The normalized spacial score (nSPS) is 13.0. The first-order valence-electron chi connectivity index (χ1n) is 10.6. The van der Waals surface area contributed by atoms with Crippen molar-refractivity contribution >= 4 is 66.7 Å². The van der Waals surface area contributed by atoms with E-state index in [1.54, 1.807) is 11.3 Å². The molecule has 0 unspecified atom stereocenters. The van der Waals surface area contributed by atoms with Gasteiger partial charge in [0.1, 0.15) is 5.01 Å². The largest absolute Gasteiger partial charge is 0.236 e. The van der Waals surface area contributed by atoms with E-state index in [-0.39, 0.29) is 5.41 Å². The van der Waals surface area contributed by atoms with Gasteiger partial charge in [0.05, 0.1) is 10.2 Å². The SMILES string of the molecule is CCC1(CC)c2cc(C#CI)ccc2-c2ccc(-c3nc4ccc(C#CI)cc4s3)cc21. The fourth-order valence-electron chi connectivity index (χ4n) is 4.95. The van der Waals surface area contributed by atoms with E-state index >= 15 is 0 Å². The Labute approximate surface area is 220 Å². The predicted octanol–water partition coefficient (Wildman–Crippen LogP) is 8.54. The highest BCUT2D eigenvalue weighted by molar-refractivity contribution is 14.1. The molecule has 0 amide bonds. The van der Waals surface area contributed by atoms with Gasteiger partial charge in [0, 0.05) is 67.3 Å². The second-order valence-corrected chi connectivity index (χ2v) is 10.1. The molecule has 0 aliphatic heterocycles. The van der Waals surface area contributed by atoms with Crippen molar-refractivity contribution in [3.05, 3.63) is 76.9 Å². The van der Waals surface area contributed by atoms with Crippen LogP contribution in [0.5, 0.6) is 0 Å². The summed E-state index contributed by atoms with van der Waals surface area (Å²) in [7, 11) is 0. The van der Waals surface area contributed by atoms with Crippen molar-refractivity contribution in [3.63, 3.8) is 0 Å². The minimum atomic E-state index is 0.0172. The number of benzene rings is 3. The van der Waals surface area contributed by atoms with Gasteiger partial charge in [-0.1, -0.05) is 43.9 Å². The summed E-state index contributed by atoms with van der Waals surface area (Å²) in [5, 5.41) is 1.07. The fraction of sp³-hybridized carbons (Fsp3) is 0.179. The van der Waals surface area contributed by atoms with E-state index < -0.39 is 0 Å². The molecule has 1 aromatic heterocycles. The third kappa shape index (κ3) is 3.48. The number of thiazole rings is 1. The van der Waals surface area contributed by atoms with Crippen molar-refractivity contribution in [1.82, 2.24) is 4.98 Å². The van der Waals surface area contributed by atoms with Crippen molar-refractivity contribution in [2.24, 2.45) is 0 Å². The highest BCUT2D eigenvalue weighted by Gasteiger charge is 2.40. The van der Waals surface area contributed by atoms with E-state index in [1.807, 2.05) is 6.07 Å². The van der Waals surface area contributed by atoms with Crippen LogP contribution in [0.1, 0.15) is 48.9 Å². The van der Waals surface area contributed by atoms with Crippen LogP contribution in [-0.2, 0) is 5.41 Å². The molecule has 0 saturated carbocycles. The predicted molar refractivity (Wildman–Crippen MR) is 154 cm³/mol. The van der Waals surface area contributed by atoms with Gasteiger partial charge in [-0.3, -0.25) is 0 Å². The first-order chi connectivity index (χ1) is 15.6. The van der Waals surface area contributed by atoms with Crippen LogP contribution in [0.4, 0.5) is 0 Å². The van der Waals surface area contributed by atoms with Crippen LogP contribution >= 0.6 is 56.5 Å². The van der Waals surface area contributed by atoms with Crippen LogP contribution in [0, 0.1) is 19.7 Å². The van der Waals surface area contributed by atoms with Gasteiger partial charge < -0.3 is 0 Å². The number of nitrogens with zero attached hydrogens (tertiary/aromatic N) is 1. The maximum atomic E-state index is 4.95. The average molecular weight is 655 g/mol. The Hall–Kier alpha value is -1.87. The zero-order valence-corrected chi connectivity index (χ0v) is 22.9. The highest BCUT2D eigenvalue weighted by Crippen LogP contribution is 2.53. The molecule has 0 atom stereocenters. The summed E-state index contributed by atoms with van der Waals surface area (Å²) in [6.07, 6.45) is 2.12. The van der Waals surface area contributed by atoms with Crippen LogP contribution < -0.4 is 0 Å². The lowest BCUT2D eigenvalue weighted by Crippen LogP contribution is -2.23. The molecule has 1 nitrogen and oxygen atoms in total. The van der Waals surface area contributed by atoms with Gasteiger partial charge in [-0.25, -0.2) is 4.98 Å². The second-order valence-electron chi connectivity index (χ2n) is 7.95. The molecule has 0 saturated heterocycles. The Bertz CT molecular complexity index is 1490. The van der Waals surface area contributed by atoms with Crippen molar-refractivity contribution in [2.75, 3.05) is 0 Å². The number of halogens is 2. The van der Waals surface area contributed by atoms with Crippen molar-refractivity contribution in [1.29, 1.82) is 0 Å². The maximum Gasteiger partial charge on any atom is 0.124 e. The van der Waals surface area contributed by atoms with Gasteiger partial charge in [-0.2, -0.15) is 0 Å². The van der Waals surface area contributed by atoms with E-state index in [1.165, 1.54) is 32.5 Å². The lowest BCUT2D eigenvalue weighted by Gasteiger charge is -2.30. The number of hydrogen-bond donors (Lipinski definition) is 0. The summed E-state index contributed by atoms with van der Waals surface area (Å²) in [6.45, 7) is 4.61.